The number of carbonyl (C=O) groups excluding carboxylic acids is 1. The lowest BCUT2D eigenvalue weighted by atomic mass is 10.1. The minimum absolute atomic E-state index is 0.324. The molecular weight excluding hydrogens is 298 g/mol. The summed E-state index contributed by atoms with van der Waals surface area (Å²) in [6, 6.07) is 7.49. The molecule has 0 spiro atoms. The minimum atomic E-state index is -0.635. The highest BCUT2D eigenvalue weighted by atomic mass is 16.6. The van der Waals surface area contributed by atoms with Crippen molar-refractivity contribution in [1.82, 2.24) is 25.9 Å². The van der Waals surface area contributed by atoms with Gasteiger partial charge < -0.3 is 14.8 Å². The van der Waals surface area contributed by atoms with Crippen molar-refractivity contribution in [2.24, 2.45) is 0 Å². The maximum atomic E-state index is 12.0. The highest BCUT2D eigenvalue weighted by Crippen LogP contribution is 2.21. The van der Waals surface area contributed by atoms with Gasteiger partial charge in [0.05, 0.1) is 7.11 Å². The van der Waals surface area contributed by atoms with Crippen molar-refractivity contribution in [1.29, 1.82) is 0 Å². The van der Waals surface area contributed by atoms with E-state index in [1.165, 1.54) is 0 Å². The van der Waals surface area contributed by atoms with Gasteiger partial charge in [0.1, 0.15) is 5.75 Å². The van der Waals surface area contributed by atoms with Crippen molar-refractivity contribution in [3.63, 3.8) is 0 Å². The predicted octanol–water partition coefficient (Wildman–Crippen LogP) is 2.02. The molecule has 2 rings (SSSR count). The molecule has 0 radical (unpaired) electrons. The monoisotopic (exact) mass is 319 g/mol. The zero-order valence-corrected chi connectivity index (χ0v) is 13.7. The number of benzene rings is 1. The number of ether oxygens (including phenoxy) is 2. The zero-order valence-electron chi connectivity index (χ0n) is 13.7. The van der Waals surface area contributed by atoms with Gasteiger partial charge in [-0.15, -0.1) is 10.2 Å². The van der Waals surface area contributed by atoms with E-state index in [4.69, 9.17) is 9.47 Å². The van der Waals surface area contributed by atoms with E-state index in [1.54, 1.807) is 7.11 Å². The van der Waals surface area contributed by atoms with Crippen LogP contribution < -0.4 is 10.1 Å². The standard InChI is InChI=1S/C15H21N5O3/c1-15(2,3)16-14(21)23-12(13-17-19-20-18-13)9-10-5-7-11(22-4)8-6-10/h5-8,12H,9H2,1-4H3,(H,16,21)(H,17,18,19,20)/t12-/m0/s1. The lowest BCUT2D eigenvalue weighted by Gasteiger charge is -2.22. The van der Waals surface area contributed by atoms with Crippen LogP contribution in [0.2, 0.25) is 0 Å². The minimum Gasteiger partial charge on any atom is -0.497 e. The van der Waals surface area contributed by atoms with Gasteiger partial charge in [-0.2, -0.15) is 5.21 Å². The van der Waals surface area contributed by atoms with Crippen molar-refractivity contribution >= 4 is 6.09 Å². The van der Waals surface area contributed by atoms with Crippen LogP contribution >= 0.6 is 0 Å². The molecular formula is C15H21N5O3. The molecule has 0 bridgehead atoms. The summed E-state index contributed by atoms with van der Waals surface area (Å²) in [5, 5.41) is 16.5. The molecule has 1 heterocycles. The molecule has 8 nitrogen and oxygen atoms in total. The highest BCUT2D eigenvalue weighted by molar-refractivity contribution is 5.68. The summed E-state index contributed by atoms with van der Waals surface area (Å²) < 4.78 is 10.6. The molecule has 2 N–H and O–H groups in total. The fraction of sp³-hybridized carbons (Fsp3) is 0.467. The summed E-state index contributed by atoms with van der Waals surface area (Å²) in [5.41, 5.74) is 0.572. The van der Waals surface area contributed by atoms with Crippen molar-refractivity contribution in [3.8, 4) is 5.75 Å². The molecule has 0 unspecified atom stereocenters. The summed E-state index contributed by atoms with van der Waals surface area (Å²) in [4.78, 5) is 12.0. The second-order valence-corrected chi connectivity index (χ2v) is 6.09. The van der Waals surface area contributed by atoms with E-state index in [9.17, 15) is 4.79 Å². The van der Waals surface area contributed by atoms with Gasteiger partial charge in [-0.25, -0.2) is 4.79 Å². The molecule has 0 fully saturated rings. The Labute approximate surface area is 134 Å². The van der Waals surface area contributed by atoms with Gasteiger partial charge >= 0.3 is 6.09 Å². The molecule has 0 saturated heterocycles. The summed E-state index contributed by atoms with van der Waals surface area (Å²) in [5.74, 6) is 1.08. The number of carbonyl (C=O) groups is 1. The Kier molecular flexibility index (Phi) is 5.15. The van der Waals surface area contributed by atoms with E-state index < -0.39 is 12.2 Å². The number of tetrazole rings is 1. The number of aromatic amines is 1. The Balaban J connectivity index is 2.10. The van der Waals surface area contributed by atoms with E-state index in [-0.39, 0.29) is 5.54 Å². The van der Waals surface area contributed by atoms with Gasteiger partial charge in [-0.1, -0.05) is 17.3 Å². The van der Waals surface area contributed by atoms with Crippen molar-refractivity contribution in [2.45, 2.75) is 38.8 Å². The summed E-state index contributed by atoms with van der Waals surface area (Å²) in [6.07, 6.45) is -0.730. The van der Waals surface area contributed by atoms with Crippen LogP contribution in [0.25, 0.3) is 0 Å². The third kappa shape index (κ3) is 5.24. The van der Waals surface area contributed by atoms with Crippen molar-refractivity contribution in [3.05, 3.63) is 35.7 Å². The predicted molar refractivity (Wildman–Crippen MR) is 83.0 cm³/mol. The van der Waals surface area contributed by atoms with Crippen LogP contribution in [0.5, 0.6) is 5.75 Å². The van der Waals surface area contributed by atoms with Crippen LogP contribution in [-0.4, -0.2) is 39.4 Å². The van der Waals surface area contributed by atoms with Crippen LogP contribution in [0.1, 0.15) is 38.3 Å². The number of nitrogens with one attached hydrogen (secondary N) is 2. The molecule has 1 amide bonds. The number of hydrogen-bond donors (Lipinski definition) is 2. The molecule has 1 aromatic heterocycles. The number of amides is 1. The maximum Gasteiger partial charge on any atom is 0.408 e. The Morgan fingerprint density at radius 1 is 1.30 bits per heavy atom. The zero-order chi connectivity index (χ0) is 16.9. The average Bonchev–Trinajstić information content (AvgIpc) is 2.99. The number of alkyl carbamates (subject to hydrolysis) is 1. The van der Waals surface area contributed by atoms with Gasteiger partial charge in [0, 0.05) is 12.0 Å². The smallest absolute Gasteiger partial charge is 0.408 e. The first kappa shape index (κ1) is 16.7. The lowest BCUT2D eigenvalue weighted by Crippen LogP contribution is -2.41. The number of aromatic nitrogens is 4. The second-order valence-electron chi connectivity index (χ2n) is 6.09. The molecule has 0 aliphatic heterocycles. The van der Waals surface area contributed by atoms with Gasteiger partial charge in [-0.05, 0) is 38.5 Å². The second kappa shape index (κ2) is 7.08. The first-order valence-corrected chi connectivity index (χ1v) is 7.22. The molecule has 1 aromatic carbocycles. The van der Waals surface area contributed by atoms with Crippen molar-refractivity contribution in [2.75, 3.05) is 7.11 Å². The van der Waals surface area contributed by atoms with E-state index in [0.717, 1.165) is 11.3 Å². The highest BCUT2D eigenvalue weighted by Gasteiger charge is 2.24. The lowest BCUT2D eigenvalue weighted by molar-refractivity contribution is 0.0865. The molecule has 0 saturated carbocycles. The topological polar surface area (TPSA) is 102 Å². The van der Waals surface area contributed by atoms with E-state index in [2.05, 4.69) is 25.9 Å². The number of H-pyrrole nitrogens is 1. The molecule has 1 atom stereocenters. The van der Waals surface area contributed by atoms with Gasteiger partial charge in [-0.3, -0.25) is 0 Å². The maximum absolute atomic E-state index is 12.0. The number of hydrogen-bond acceptors (Lipinski definition) is 6. The average molecular weight is 319 g/mol. The van der Waals surface area contributed by atoms with Crippen LogP contribution in [-0.2, 0) is 11.2 Å². The third-order valence-electron chi connectivity index (χ3n) is 2.96. The van der Waals surface area contributed by atoms with Crippen LogP contribution in [0.4, 0.5) is 4.79 Å². The molecule has 0 aliphatic carbocycles. The molecule has 2 aromatic rings. The first-order chi connectivity index (χ1) is 10.9. The van der Waals surface area contributed by atoms with E-state index in [0.29, 0.717) is 12.2 Å². The first-order valence-electron chi connectivity index (χ1n) is 7.22. The fourth-order valence-electron chi connectivity index (χ4n) is 1.93. The Hall–Kier alpha value is -2.64. The largest absolute Gasteiger partial charge is 0.497 e. The summed E-state index contributed by atoms with van der Waals surface area (Å²) >= 11 is 0. The number of rotatable bonds is 5. The number of nitrogens with zero attached hydrogens (tertiary/aromatic N) is 3. The third-order valence-corrected chi connectivity index (χ3v) is 2.96. The Morgan fingerprint density at radius 3 is 2.52 bits per heavy atom. The molecule has 23 heavy (non-hydrogen) atoms. The number of methoxy groups -OCH3 is 1. The summed E-state index contributed by atoms with van der Waals surface area (Å²) in [6.45, 7) is 5.63. The van der Waals surface area contributed by atoms with Gasteiger partial charge in [0.15, 0.2) is 6.10 Å². The van der Waals surface area contributed by atoms with Crippen molar-refractivity contribution < 1.29 is 14.3 Å². The van der Waals surface area contributed by atoms with Gasteiger partial charge in [0.25, 0.3) is 0 Å². The normalized spacial score (nSPS) is 12.5. The van der Waals surface area contributed by atoms with Crippen LogP contribution in [0, 0.1) is 0 Å². The Bertz CT molecular complexity index is 620. The quantitative estimate of drug-likeness (QED) is 0.874. The van der Waals surface area contributed by atoms with Gasteiger partial charge in [0.2, 0.25) is 5.82 Å². The molecule has 124 valence electrons. The Morgan fingerprint density at radius 2 is 2.00 bits per heavy atom. The van der Waals surface area contributed by atoms with Crippen LogP contribution in [0.3, 0.4) is 0 Å². The SMILES string of the molecule is COc1ccc(C[C@H](OC(=O)NC(C)(C)C)c2nn[nH]n2)cc1. The van der Waals surface area contributed by atoms with E-state index >= 15 is 0 Å². The summed E-state index contributed by atoms with van der Waals surface area (Å²) in [7, 11) is 1.61. The van der Waals surface area contributed by atoms with Crippen LogP contribution in [0.15, 0.2) is 24.3 Å². The molecule has 0 aliphatic rings. The molecule has 8 heteroatoms. The van der Waals surface area contributed by atoms with E-state index in [1.807, 2.05) is 45.0 Å². The fourth-order valence-corrected chi connectivity index (χ4v) is 1.93.